The van der Waals surface area contributed by atoms with Crippen molar-refractivity contribution >= 4 is 34.4 Å². The van der Waals surface area contributed by atoms with Gasteiger partial charge < -0.3 is 14.7 Å². The Labute approximate surface area is 147 Å². The Morgan fingerprint density at radius 2 is 2.33 bits per heavy atom. The molecule has 4 heterocycles. The number of carbonyl (C=O) groups is 1. The number of nitrogens with one attached hydrogen (secondary N) is 2. The lowest BCUT2D eigenvalue weighted by molar-refractivity contribution is -0.919. The van der Waals surface area contributed by atoms with Crippen molar-refractivity contribution in [2.75, 3.05) is 18.4 Å². The maximum absolute atomic E-state index is 12.4. The Kier molecular flexibility index (Phi) is 4.22. The zero-order valence-corrected chi connectivity index (χ0v) is 14.9. The second kappa shape index (κ2) is 6.51. The number of nitrogens with zero attached hydrogens (tertiary/aromatic N) is 1. The first-order valence-electron chi connectivity index (χ1n) is 7.88. The molecule has 0 saturated heterocycles. The van der Waals surface area contributed by atoms with E-state index >= 15 is 0 Å². The summed E-state index contributed by atoms with van der Waals surface area (Å²) in [6.07, 6.45) is 1.03. The molecule has 2 atom stereocenters. The van der Waals surface area contributed by atoms with Gasteiger partial charge in [0.05, 0.1) is 11.4 Å². The number of hydrogen-bond donors (Lipinski definition) is 2. The third-order valence-electron chi connectivity index (χ3n) is 4.28. The van der Waals surface area contributed by atoms with Crippen LogP contribution in [0.3, 0.4) is 0 Å². The van der Waals surface area contributed by atoms with Crippen molar-refractivity contribution < 1.29 is 14.2 Å². The van der Waals surface area contributed by atoms with Crippen LogP contribution in [-0.2, 0) is 11.2 Å². The van der Waals surface area contributed by atoms with Crippen LogP contribution in [0.1, 0.15) is 27.1 Å². The first-order valence-corrected chi connectivity index (χ1v) is 9.64. The van der Waals surface area contributed by atoms with Gasteiger partial charge in [0.1, 0.15) is 11.8 Å². The summed E-state index contributed by atoms with van der Waals surface area (Å²) in [6, 6.07) is 8.43. The van der Waals surface area contributed by atoms with E-state index in [0.29, 0.717) is 18.1 Å². The summed E-state index contributed by atoms with van der Waals surface area (Å²) in [7, 11) is 0. The topological polar surface area (TPSA) is 59.6 Å². The molecule has 2 N–H and O–H groups in total. The Bertz CT molecular complexity index is 838. The second-order valence-corrected chi connectivity index (χ2v) is 7.93. The zero-order chi connectivity index (χ0) is 16.5. The molecule has 1 amide bonds. The number of rotatable bonds is 4. The smallest absolute Gasteiger partial charge is 0.280 e. The molecule has 1 unspecified atom stereocenters. The molecule has 3 aromatic rings. The maximum atomic E-state index is 12.4. The molecule has 1 aliphatic rings. The number of aromatic nitrogens is 1. The Balaban J connectivity index is 1.54. The van der Waals surface area contributed by atoms with Gasteiger partial charge in [-0.05, 0) is 29.8 Å². The summed E-state index contributed by atoms with van der Waals surface area (Å²) < 4.78 is 5.00. The summed E-state index contributed by atoms with van der Waals surface area (Å²) >= 11 is 3.58. The Morgan fingerprint density at radius 1 is 1.42 bits per heavy atom. The predicted octanol–water partition coefficient (Wildman–Crippen LogP) is 2.28. The first-order chi connectivity index (χ1) is 11.7. The molecule has 7 heteroatoms. The molecular formula is C17H18N3O2S2+. The lowest BCUT2D eigenvalue weighted by Gasteiger charge is -2.31. The van der Waals surface area contributed by atoms with Gasteiger partial charge in [-0.1, -0.05) is 11.2 Å². The highest BCUT2D eigenvalue weighted by Gasteiger charge is 2.35. The van der Waals surface area contributed by atoms with Gasteiger partial charge in [0.2, 0.25) is 0 Å². The molecule has 0 fully saturated rings. The third kappa shape index (κ3) is 3.02. The van der Waals surface area contributed by atoms with Gasteiger partial charge in [0.25, 0.3) is 5.91 Å². The monoisotopic (exact) mass is 360 g/mol. The van der Waals surface area contributed by atoms with E-state index in [4.69, 9.17) is 4.52 Å². The van der Waals surface area contributed by atoms with Gasteiger partial charge in [0.15, 0.2) is 12.4 Å². The van der Waals surface area contributed by atoms with Crippen molar-refractivity contribution in [3.05, 3.63) is 56.1 Å². The van der Waals surface area contributed by atoms with Crippen molar-refractivity contribution in [2.45, 2.75) is 19.4 Å². The normalized spacial score (nSPS) is 19.9. The first kappa shape index (κ1) is 15.6. The molecule has 5 nitrogen and oxygen atoms in total. The van der Waals surface area contributed by atoms with Crippen LogP contribution < -0.4 is 10.2 Å². The summed E-state index contributed by atoms with van der Waals surface area (Å²) in [4.78, 5) is 16.5. The number of quaternary nitrogens is 1. The lowest BCUT2D eigenvalue weighted by atomic mass is 9.98. The van der Waals surface area contributed by atoms with Crippen molar-refractivity contribution in [1.82, 2.24) is 5.16 Å². The van der Waals surface area contributed by atoms with Crippen LogP contribution in [0.4, 0.5) is 5.82 Å². The summed E-state index contributed by atoms with van der Waals surface area (Å²) in [5.74, 6) is 1.14. The second-order valence-electron chi connectivity index (χ2n) is 5.95. The largest absolute Gasteiger partial charge is 0.360 e. The fraction of sp³-hybridized carbons (Fsp3) is 0.294. The number of anilines is 1. The molecule has 0 aromatic carbocycles. The predicted molar refractivity (Wildman–Crippen MR) is 94.8 cm³/mol. The Hall–Kier alpha value is -1.96. The molecule has 4 rings (SSSR count). The van der Waals surface area contributed by atoms with Gasteiger partial charge in [-0.25, -0.2) is 0 Å². The van der Waals surface area contributed by atoms with E-state index in [2.05, 4.69) is 39.4 Å². The van der Waals surface area contributed by atoms with Gasteiger partial charge in [-0.3, -0.25) is 4.79 Å². The molecule has 0 aliphatic carbocycles. The molecule has 0 bridgehead atoms. The van der Waals surface area contributed by atoms with Crippen LogP contribution in [0, 0.1) is 6.92 Å². The summed E-state index contributed by atoms with van der Waals surface area (Å²) in [6.45, 7) is 3.19. The van der Waals surface area contributed by atoms with Crippen LogP contribution in [0.15, 0.2) is 39.5 Å². The highest BCUT2D eigenvalue weighted by molar-refractivity contribution is 7.10. The van der Waals surface area contributed by atoms with E-state index in [0.717, 1.165) is 13.0 Å². The van der Waals surface area contributed by atoms with Gasteiger partial charge >= 0.3 is 0 Å². The quantitative estimate of drug-likeness (QED) is 0.750. The number of thiophene rings is 2. The molecule has 0 spiro atoms. The standard InChI is InChI=1S/C17H17N3O2S2/c1-11-9-15(19-22-11)18-16(21)10-20-6-4-13-12(5-8-24-13)17(20)14-3-2-7-23-14/h2-3,5,7-9,17H,4,6,10H2,1H3,(H,18,19,21)/p+1/t17-/m0/s1. The van der Waals surface area contributed by atoms with Crippen LogP contribution in [0.5, 0.6) is 0 Å². The van der Waals surface area contributed by atoms with Crippen LogP contribution in [0.2, 0.25) is 0 Å². The minimum absolute atomic E-state index is 0.0291. The molecule has 0 saturated carbocycles. The van der Waals surface area contributed by atoms with Crippen molar-refractivity contribution in [3.63, 3.8) is 0 Å². The average molecular weight is 360 g/mol. The molecular weight excluding hydrogens is 342 g/mol. The minimum Gasteiger partial charge on any atom is -0.360 e. The van der Waals surface area contributed by atoms with Crippen LogP contribution in [0.25, 0.3) is 0 Å². The van der Waals surface area contributed by atoms with Gasteiger partial charge in [-0.2, -0.15) is 0 Å². The SMILES string of the molecule is Cc1cc(NC(=O)C[NH+]2CCc3sccc3[C@H]2c2cccs2)no1. The number of fused-ring (bicyclic) bond motifs is 1. The van der Waals surface area contributed by atoms with E-state index in [1.54, 1.807) is 17.4 Å². The summed E-state index contributed by atoms with van der Waals surface area (Å²) in [5, 5.41) is 10.9. The molecule has 24 heavy (non-hydrogen) atoms. The van der Waals surface area contributed by atoms with E-state index in [1.165, 1.54) is 20.2 Å². The fourth-order valence-electron chi connectivity index (χ4n) is 3.27. The van der Waals surface area contributed by atoms with Crippen molar-refractivity contribution in [3.8, 4) is 0 Å². The zero-order valence-electron chi connectivity index (χ0n) is 13.2. The number of carbonyl (C=O) groups excluding carboxylic acids is 1. The highest BCUT2D eigenvalue weighted by Crippen LogP contribution is 2.31. The van der Waals surface area contributed by atoms with Crippen molar-refractivity contribution in [2.24, 2.45) is 0 Å². The van der Waals surface area contributed by atoms with Crippen molar-refractivity contribution in [1.29, 1.82) is 0 Å². The molecule has 124 valence electrons. The lowest BCUT2D eigenvalue weighted by Crippen LogP contribution is -3.14. The van der Waals surface area contributed by atoms with E-state index in [9.17, 15) is 4.79 Å². The highest BCUT2D eigenvalue weighted by atomic mass is 32.1. The maximum Gasteiger partial charge on any atom is 0.280 e. The van der Waals surface area contributed by atoms with Gasteiger partial charge in [0, 0.05) is 22.9 Å². The molecule has 0 radical (unpaired) electrons. The van der Waals surface area contributed by atoms with Crippen LogP contribution >= 0.6 is 22.7 Å². The fourth-order valence-corrected chi connectivity index (χ4v) is 5.09. The van der Waals surface area contributed by atoms with Crippen LogP contribution in [-0.4, -0.2) is 24.2 Å². The van der Waals surface area contributed by atoms with E-state index in [1.807, 2.05) is 18.3 Å². The molecule has 1 aliphatic heterocycles. The summed E-state index contributed by atoms with van der Waals surface area (Å²) in [5.41, 5.74) is 1.37. The Morgan fingerprint density at radius 3 is 3.08 bits per heavy atom. The minimum atomic E-state index is -0.0291. The van der Waals surface area contributed by atoms with Gasteiger partial charge in [-0.15, -0.1) is 22.7 Å². The average Bonchev–Trinajstić information content (AvgIpc) is 3.28. The number of amides is 1. The van der Waals surface area contributed by atoms with E-state index < -0.39 is 0 Å². The third-order valence-corrected chi connectivity index (χ3v) is 6.22. The number of aryl methyl sites for hydroxylation is 1. The van der Waals surface area contributed by atoms with E-state index in [-0.39, 0.29) is 11.9 Å². The number of hydrogen-bond acceptors (Lipinski definition) is 5. The molecule has 3 aromatic heterocycles.